The molecule has 0 amide bonds. The first-order chi connectivity index (χ1) is 13.9. The van der Waals surface area contributed by atoms with Crippen LogP contribution in [0.25, 0.3) is 0 Å². The van der Waals surface area contributed by atoms with Gasteiger partial charge in [0.1, 0.15) is 17.2 Å². The second-order valence-electron chi connectivity index (χ2n) is 10.0. The molecule has 0 aliphatic heterocycles. The van der Waals surface area contributed by atoms with Gasteiger partial charge in [0.15, 0.2) is 0 Å². The summed E-state index contributed by atoms with van der Waals surface area (Å²) >= 11 is 0. The Balaban J connectivity index is 1.88. The third-order valence-corrected chi connectivity index (χ3v) is 7.02. The van der Waals surface area contributed by atoms with E-state index in [0.717, 1.165) is 28.7 Å². The first kappa shape index (κ1) is 20.3. The summed E-state index contributed by atoms with van der Waals surface area (Å²) < 4.78 is 0. The maximum Gasteiger partial charge on any atom is 0.119 e. The monoisotopic (exact) mass is 402 g/mol. The summed E-state index contributed by atoms with van der Waals surface area (Å²) in [7, 11) is 0. The van der Waals surface area contributed by atoms with Crippen molar-refractivity contribution in [2.24, 2.45) is 0 Å². The molecule has 0 spiro atoms. The Morgan fingerprint density at radius 3 is 1.83 bits per heavy atom. The van der Waals surface area contributed by atoms with Crippen LogP contribution in [0.4, 0.5) is 0 Å². The van der Waals surface area contributed by atoms with Crippen LogP contribution in [0.5, 0.6) is 17.2 Å². The molecular formula is C27H30O3. The van der Waals surface area contributed by atoms with Crippen LogP contribution in [-0.2, 0) is 16.2 Å². The van der Waals surface area contributed by atoms with Crippen molar-refractivity contribution in [3.8, 4) is 17.2 Å². The zero-order valence-electron chi connectivity index (χ0n) is 18.3. The number of phenols is 3. The van der Waals surface area contributed by atoms with E-state index < -0.39 is 5.41 Å². The van der Waals surface area contributed by atoms with Gasteiger partial charge in [0.05, 0.1) is 0 Å². The summed E-state index contributed by atoms with van der Waals surface area (Å²) in [5.74, 6) is 0.779. The van der Waals surface area contributed by atoms with Crippen LogP contribution in [0.15, 0.2) is 60.7 Å². The van der Waals surface area contributed by atoms with Gasteiger partial charge in [-0.25, -0.2) is 0 Å². The minimum absolute atomic E-state index is 0.0601. The Hall–Kier alpha value is -2.94. The minimum Gasteiger partial charge on any atom is -0.508 e. The Labute approximate surface area is 178 Å². The summed E-state index contributed by atoms with van der Waals surface area (Å²) in [5, 5.41) is 30.5. The highest BCUT2D eigenvalue weighted by atomic mass is 16.3. The number of benzene rings is 3. The highest BCUT2D eigenvalue weighted by molar-refractivity contribution is 5.59. The quantitative estimate of drug-likeness (QED) is 0.495. The van der Waals surface area contributed by atoms with E-state index in [-0.39, 0.29) is 28.1 Å². The number of fused-ring (bicyclic) bond motifs is 1. The molecule has 0 radical (unpaired) electrons. The Bertz CT molecular complexity index is 1090. The molecule has 30 heavy (non-hydrogen) atoms. The van der Waals surface area contributed by atoms with E-state index in [4.69, 9.17) is 0 Å². The van der Waals surface area contributed by atoms with E-state index in [1.165, 1.54) is 5.56 Å². The van der Waals surface area contributed by atoms with E-state index >= 15 is 0 Å². The molecule has 3 aromatic rings. The van der Waals surface area contributed by atoms with Crippen LogP contribution in [0.2, 0.25) is 0 Å². The lowest BCUT2D eigenvalue weighted by Gasteiger charge is -2.30. The molecule has 0 bridgehead atoms. The van der Waals surface area contributed by atoms with Crippen molar-refractivity contribution in [2.75, 3.05) is 0 Å². The number of hydrogen-bond donors (Lipinski definition) is 3. The highest BCUT2D eigenvalue weighted by Crippen LogP contribution is 2.55. The van der Waals surface area contributed by atoms with Gasteiger partial charge in [-0.2, -0.15) is 0 Å². The van der Waals surface area contributed by atoms with Crippen LogP contribution in [0.3, 0.4) is 0 Å². The van der Waals surface area contributed by atoms with Gasteiger partial charge in [0.25, 0.3) is 0 Å². The molecule has 0 fully saturated rings. The molecular weight excluding hydrogens is 372 g/mol. The zero-order valence-corrected chi connectivity index (χ0v) is 18.3. The molecule has 1 aliphatic rings. The van der Waals surface area contributed by atoms with Gasteiger partial charge in [-0.1, -0.05) is 65.0 Å². The maximum absolute atomic E-state index is 11.1. The highest BCUT2D eigenvalue weighted by Gasteiger charge is 2.47. The molecule has 1 atom stereocenters. The second kappa shape index (κ2) is 6.53. The minimum atomic E-state index is -0.416. The number of phenolic OH excluding ortho intramolecular Hbond substituents is 3. The lowest BCUT2D eigenvalue weighted by atomic mass is 9.74. The van der Waals surface area contributed by atoms with Gasteiger partial charge in [0.2, 0.25) is 0 Å². The molecule has 0 saturated heterocycles. The summed E-state index contributed by atoms with van der Waals surface area (Å²) in [5.41, 5.74) is 4.72. The van der Waals surface area contributed by atoms with Gasteiger partial charge >= 0.3 is 0 Å². The zero-order chi connectivity index (χ0) is 21.9. The smallest absolute Gasteiger partial charge is 0.119 e. The van der Waals surface area contributed by atoms with Crippen LogP contribution in [0.1, 0.15) is 68.9 Å². The van der Waals surface area contributed by atoms with Gasteiger partial charge < -0.3 is 15.3 Å². The van der Waals surface area contributed by atoms with Crippen LogP contribution >= 0.6 is 0 Å². The maximum atomic E-state index is 11.1. The molecule has 4 rings (SSSR count). The SMILES string of the molecule is CC1(C)CC(C)(c2ccc(O)cc2)c2cc(O)c(C(C)(C)c3ccc(O)cc3)cc21. The van der Waals surface area contributed by atoms with Gasteiger partial charge in [0, 0.05) is 16.4 Å². The van der Waals surface area contributed by atoms with E-state index in [1.54, 1.807) is 24.3 Å². The molecule has 0 saturated carbocycles. The van der Waals surface area contributed by atoms with Crippen LogP contribution in [-0.4, -0.2) is 15.3 Å². The first-order valence-corrected chi connectivity index (χ1v) is 10.4. The van der Waals surface area contributed by atoms with Crippen molar-refractivity contribution in [2.45, 2.75) is 57.3 Å². The van der Waals surface area contributed by atoms with E-state index in [0.29, 0.717) is 0 Å². The van der Waals surface area contributed by atoms with Crippen molar-refractivity contribution < 1.29 is 15.3 Å². The van der Waals surface area contributed by atoms with Gasteiger partial charge in [-0.15, -0.1) is 0 Å². The number of hydrogen-bond acceptors (Lipinski definition) is 3. The largest absolute Gasteiger partial charge is 0.508 e. The second-order valence-corrected chi connectivity index (χ2v) is 10.0. The summed E-state index contributed by atoms with van der Waals surface area (Å²) in [6, 6.07) is 18.7. The van der Waals surface area contributed by atoms with Crippen molar-refractivity contribution in [3.05, 3.63) is 88.5 Å². The van der Waals surface area contributed by atoms with E-state index in [1.807, 2.05) is 30.3 Å². The third-order valence-electron chi connectivity index (χ3n) is 7.02. The molecule has 1 aliphatic carbocycles. The molecule has 3 N–H and O–H groups in total. The molecule has 3 aromatic carbocycles. The molecule has 3 nitrogen and oxygen atoms in total. The molecule has 3 heteroatoms. The topological polar surface area (TPSA) is 60.7 Å². The average Bonchev–Trinajstić information content (AvgIpc) is 2.87. The molecule has 0 aromatic heterocycles. The molecule has 156 valence electrons. The standard InChI is InChI=1S/C27H30O3/c1-25(2)16-27(5,18-8-12-20(29)13-9-18)22-15-24(30)23(14-21(22)25)26(3,4)17-6-10-19(28)11-7-17/h6-15,28-30H,16H2,1-5H3. The van der Waals surface area contributed by atoms with E-state index in [9.17, 15) is 15.3 Å². The van der Waals surface area contributed by atoms with Crippen molar-refractivity contribution in [1.29, 1.82) is 0 Å². The Morgan fingerprint density at radius 2 is 1.27 bits per heavy atom. The Morgan fingerprint density at radius 1 is 0.733 bits per heavy atom. The molecule has 1 unspecified atom stereocenters. The lowest BCUT2D eigenvalue weighted by molar-refractivity contribution is 0.423. The Kier molecular flexibility index (Phi) is 4.43. The van der Waals surface area contributed by atoms with E-state index in [2.05, 4.69) is 40.7 Å². The third kappa shape index (κ3) is 3.04. The predicted octanol–water partition coefficient (Wildman–Crippen LogP) is 6.12. The van der Waals surface area contributed by atoms with Crippen molar-refractivity contribution in [1.82, 2.24) is 0 Å². The van der Waals surface area contributed by atoms with Gasteiger partial charge in [-0.05, 0) is 64.4 Å². The first-order valence-electron chi connectivity index (χ1n) is 10.4. The normalized spacial score (nSPS) is 20.2. The number of rotatable bonds is 3. The summed E-state index contributed by atoms with van der Waals surface area (Å²) in [4.78, 5) is 0. The van der Waals surface area contributed by atoms with Crippen LogP contribution < -0.4 is 0 Å². The molecule has 0 heterocycles. The van der Waals surface area contributed by atoms with Crippen LogP contribution in [0, 0.1) is 0 Å². The fourth-order valence-corrected chi connectivity index (χ4v) is 5.30. The lowest BCUT2D eigenvalue weighted by Crippen LogP contribution is -2.23. The average molecular weight is 403 g/mol. The summed E-state index contributed by atoms with van der Waals surface area (Å²) in [6.45, 7) is 10.9. The van der Waals surface area contributed by atoms with Gasteiger partial charge in [-0.3, -0.25) is 0 Å². The predicted molar refractivity (Wildman–Crippen MR) is 121 cm³/mol. The summed E-state index contributed by atoms with van der Waals surface area (Å²) in [6.07, 6.45) is 0.919. The van der Waals surface area contributed by atoms with Crippen molar-refractivity contribution in [3.63, 3.8) is 0 Å². The number of aromatic hydroxyl groups is 3. The fourth-order valence-electron chi connectivity index (χ4n) is 5.30. The fraction of sp³-hybridized carbons (Fsp3) is 0.333. The van der Waals surface area contributed by atoms with Crippen molar-refractivity contribution >= 4 is 0 Å².